The van der Waals surface area contributed by atoms with Crippen LogP contribution in [0, 0.1) is 0 Å². The van der Waals surface area contributed by atoms with E-state index in [1.54, 1.807) is 29.4 Å². The molecular formula is C11H8N2OS. The second kappa shape index (κ2) is 4.61. The van der Waals surface area contributed by atoms with Gasteiger partial charge in [0, 0.05) is 17.8 Å². The van der Waals surface area contributed by atoms with Gasteiger partial charge in [0.05, 0.1) is 5.51 Å². The molecule has 0 amide bonds. The summed E-state index contributed by atoms with van der Waals surface area (Å²) in [6.07, 6.45) is 6.63. The molecule has 2 aromatic rings. The van der Waals surface area contributed by atoms with Crippen molar-refractivity contribution in [2.24, 2.45) is 0 Å². The minimum absolute atomic E-state index is 0.0832. The van der Waals surface area contributed by atoms with Crippen molar-refractivity contribution < 1.29 is 4.79 Å². The summed E-state index contributed by atoms with van der Waals surface area (Å²) in [5.74, 6) is -0.0832. The molecule has 0 atom stereocenters. The maximum atomic E-state index is 11.5. The molecule has 0 radical (unpaired) electrons. The van der Waals surface area contributed by atoms with Crippen molar-refractivity contribution in [3.8, 4) is 0 Å². The fraction of sp³-hybridized carbons (Fsp3) is 0. The quantitative estimate of drug-likeness (QED) is 0.584. The highest BCUT2D eigenvalue weighted by molar-refractivity contribution is 7.07. The molecule has 0 unspecified atom stereocenters. The van der Waals surface area contributed by atoms with E-state index in [1.165, 1.54) is 17.4 Å². The van der Waals surface area contributed by atoms with Crippen LogP contribution < -0.4 is 0 Å². The topological polar surface area (TPSA) is 42.9 Å². The standard InChI is InChI=1S/C11H8N2OS/c14-11(10-7-15-8-13-10)4-3-9-2-1-5-12-6-9/h1-8H/b4-3+. The van der Waals surface area contributed by atoms with Gasteiger partial charge in [0.15, 0.2) is 0 Å². The number of thiazole rings is 1. The number of allylic oxidation sites excluding steroid dienone is 1. The Morgan fingerprint density at radius 2 is 2.40 bits per heavy atom. The fourth-order valence-corrected chi connectivity index (χ4v) is 1.61. The summed E-state index contributed by atoms with van der Waals surface area (Å²) in [4.78, 5) is 19.4. The van der Waals surface area contributed by atoms with Crippen LogP contribution in [0.15, 0.2) is 41.5 Å². The first-order valence-electron chi connectivity index (χ1n) is 4.37. The predicted octanol–water partition coefficient (Wildman–Crippen LogP) is 2.43. The summed E-state index contributed by atoms with van der Waals surface area (Å²) >= 11 is 1.41. The smallest absolute Gasteiger partial charge is 0.205 e. The van der Waals surface area contributed by atoms with Crippen molar-refractivity contribution in [3.63, 3.8) is 0 Å². The van der Waals surface area contributed by atoms with Gasteiger partial charge in [-0.1, -0.05) is 6.07 Å². The van der Waals surface area contributed by atoms with Gasteiger partial charge in [-0.15, -0.1) is 11.3 Å². The lowest BCUT2D eigenvalue weighted by Gasteiger charge is -1.90. The van der Waals surface area contributed by atoms with E-state index in [0.717, 1.165) is 5.56 Å². The number of aromatic nitrogens is 2. The zero-order chi connectivity index (χ0) is 10.5. The summed E-state index contributed by atoms with van der Waals surface area (Å²) in [5.41, 5.74) is 3.03. The molecule has 2 heterocycles. The Labute approximate surface area is 91.1 Å². The molecule has 0 aliphatic rings. The molecule has 0 fully saturated rings. The Bertz CT molecular complexity index is 463. The highest BCUT2D eigenvalue weighted by atomic mass is 32.1. The summed E-state index contributed by atoms with van der Waals surface area (Å²) in [6.45, 7) is 0. The summed E-state index contributed by atoms with van der Waals surface area (Å²) in [7, 11) is 0. The molecule has 0 spiro atoms. The minimum Gasteiger partial charge on any atom is -0.288 e. The lowest BCUT2D eigenvalue weighted by molar-refractivity contribution is 0.104. The lowest BCUT2D eigenvalue weighted by Crippen LogP contribution is -1.93. The molecule has 0 saturated heterocycles. The van der Waals surface area contributed by atoms with E-state index in [9.17, 15) is 4.79 Å². The van der Waals surface area contributed by atoms with Crippen LogP contribution in [-0.2, 0) is 0 Å². The number of hydrogen-bond donors (Lipinski definition) is 0. The average molecular weight is 216 g/mol. The van der Waals surface area contributed by atoms with Gasteiger partial charge in [-0.25, -0.2) is 4.98 Å². The van der Waals surface area contributed by atoms with Crippen molar-refractivity contribution >= 4 is 23.2 Å². The van der Waals surface area contributed by atoms with Crippen LogP contribution >= 0.6 is 11.3 Å². The third kappa shape index (κ3) is 2.57. The molecule has 3 nitrogen and oxygen atoms in total. The number of rotatable bonds is 3. The van der Waals surface area contributed by atoms with Gasteiger partial charge in [0.25, 0.3) is 0 Å². The number of carbonyl (C=O) groups is 1. The number of ketones is 1. The Kier molecular flexibility index (Phi) is 2.99. The van der Waals surface area contributed by atoms with Gasteiger partial charge >= 0.3 is 0 Å². The largest absolute Gasteiger partial charge is 0.288 e. The van der Waals surface area contributed by atoms with Crippen molar-refractivity contribution in [2.45, 2.75) is 0 Å². The molecule has 4 heteroatoms. The van der Waals surface area contributed by atoms with Gasteiger partial charge in [0.1, 0.15) is 5.69 Å². The predicted molar refractivity (Wildman–Crippen MR) is 59.7 cm³/mol. The second-order valence-electron chi connectivity index (χ2n) is 2.86. The Hall–Kier alpha value is -1.81. The van der Waals surface area contributed by atoms with Crippen molar-refractivity contribution in [2.75, 3.05) is 0 Å². The van der Waals surface area contributed by atoms with Crippen LogP contribution in [0.25, 0.3) is 6.08 Å². The zero-order valence-electron chi connectivity index (χ0n) is 7.83. The maximum Gasteiger partial charge on any atom is 0.205 e. The number of hydrogen-bond acceptors (Lipinski definition) is 4. The highest BCUT2D eigenvalue weighted by Crippen LogP contribution is 2.05. The van der Waals surface area contributed by atoms with Gasteiger partial charge in [-0.3, -0.25) is 9.78 Å². The first-order chi connectivity index (χ1) is 7.36. The molecule has 74 valence electrons. The van der Waals surface area contributed by atoms with Crippen LogP contribution in [0.3, 0.4) is 0 Å². The molecule has 0 aliphatic carbocycles. The molecule has 0 aliphatic heterocycles. The first kappa shape index (κ1) is 9.73. The summed E-state index contributed by atoms with van der Waals surface area (Å²) in [5, 5.41) is 1.73. The normalized spacial score (nSPS) is 10.7. The van der Waals surface area contributed by atoms with E-state index >= 15 is 0 Å². The molecule has 0 aromatic carbocycles. The van der Waals surface area contributed by atoms with E-state index < -0.39 is 0 Å². The van der Waals surface area contributed by atoms with Crippen molar-refractivity contribution in [3.05, 3.63) is 52.8 Å². The van der Waals surface area contributed by atoms with Crippen LogP contribution in [-0.4, -0.2) is 15.8 Å². The van der Waals surface area contributed by atoms with Crippen LogP contribution in [0.1, 0.15) is 16.1 Å². The van der Waals surface area contributed by atoms with Gasteiger partial charge in [0.2, 0.25) is 5.78 Å². The third-order valence-electron chi connectivity index (χ3n) is 1.80. The van der Waals surface area contributed by atoms with Crippen molar-refractivity contribution in [1.82, 2.24) is 9.97 Å². The lowest BCUT2D eigenvalue weighted by atomic mass is 10.2. The van der Waals surface area contributed by atoms with E-state index in [0.29, 0.717) is 5.69 Å². The van der Waals surface area contributed by atoms with Gasteiger partial charge in [-0.05, 0) is 23.8 Å². The fourth-order valence-electron chi connectivity index (χ4n) is 1.07. The summed E-state index contributed by atoms with van der Waals surface area (Å²) < 4.78 is 0. The third-order valence-corrected chi connectivity index (χ3v) is 2.38. The molecule has 0 N–H and O–H groups in total. The molecule has 2 aromatic heterocycles. The van der Waals surface area contributed by atoms with E-state index in [4.69, 9.17) is 0 Å². The first-order valence-corrected chi connectivity index (χ1v) is 5.31. The SMILES string of the molecule is O=C(/C=C/c1cccnc1)c1cscn1. The molecule has 0 saturated carbocycles. The number of nitrogens with zero attached hydrogens (tertiary/aromatic N) is 2. The minimum atomic E-state index is -0.0832. The molecule has 0 bridgehead atoms. The second-order valence-corrected chi connectivity index (χ2v) is 3.58. The Morgan fingerprint density at radius 1 is 1.47 bits per heavy atom. The molecule has 15 heavy (non-hydrogen) atoms. The summed E-state index contributed by atoms with van der Waals surface area (Å²) in [6, 6.07) is 3.71. The van der Waals surface area contributed by atoms with Gasteiger partial charge < -0.3 is 0 Å². The zero-order valence-corrected chi connectivity index (χ0v) is 8.65. The highest BCUT2D eigenvalue weighted by Gasteiger charge is 2.02. The van der Waals surface area contributed by atoms with E-state index in [2.05, 4.69) is 9.97 Å². The monoisotopic (exact) mass is 216 g/mol. The van der Waals surface area contributed by atoms with Crippen LogP contribution in [0.4, 0.5) is 0 Å². The van der Waals surface area contributed by atoms with E-state index in [1.807, 2.05) is 12.1 Å². The Balaban J connectivity index is 2.10. The average Bonchev–Trinajstić information content (AvgIpc) is 2.81. The number of pyridine rings is 1. The van der Waals surface area contributed by atoms with Crippen LogP contribution in [0.2, 0.25) is 0 Å². The Morgan fingerprint density at radius 3 is 3.07 bits per heavy atom. The molecular weight excluding hydrogens is 208 g/mol. The number of carbonyl (C=O) groups excluding carboxylic acids is 1. The maximum absolute atomic E-state index is 11.5. The van der Waals surface area contributed by atoms with Crippen molar-refractivity contribution in [1.29, 1.82) is 0 Å². The van der Waals surface area contributed by atoms with E-state index in [-0.39, 0.29) is 5.78 Å². The van der Waals surface area contributed by atoms with Gasteiger partial charge in [-0.2, -0.15) is 0 Å². The molecule has 2 rings (SSSR count). The van der Waals surface area contributed by atoms with Crippen LogP contribution in [0.5, 0.6) is 0 Å².